The number of alkyl halides is 3. The largest absolute Gasteiger partial charge is 0.321 e. The summed E-state index contributed by atoms with van der Waals surface area (Å²) in [6.45, 7) is 8.20. The fourth-order valence-electron chi connectivity index (χ4n) is 6.73. The third-order valence-electron chi connectivity index (χ3n) is 9.33. The maximum atomic E-state index is 15.9. The van der Waals surface area contributed by atoms with Crippen molar-refractivity contribution >= 4 is 11.6 Å². The second kappa shape index (κ2) is 11.3. The van der Waals surface area contributed by atoms with Gasteiger partial charge in [0.25, 0.3) is 5.91 Å². The average molecular weight is 596 g/mol. The second-order valence-corrected chi connectivity index (χ2v) is 13.2. The van der Waals surface area contributed by atoms with E-state index in [0.717, 1.165) is 50.3 Å². The molecule has 1 aliphatic heterocycles. The number of aromatic nitrogens is 4. The summed E-state index contributed by atoms with van der Waals surface area (Å²) >= 11 is 0. The quantitative estimate of drug-likeness (QED) is 0.353. The van der Waals surface area contributed by atoms with Crippen LogP contribution in [0.15, 0.2) is 42.7 Å². The van der Waals surface area contributed by atoms with Gasteiger partial charge in [0.15, 0.2) is 12.0 Å². The molecule has 11 heteroatoms. The number of halogens is 3. The average Bonchev–Trinajstić information content (AvgIpc) is 3.72. The van der Waals surface area contributed by atoms with Crippen LogP contribution < -0.4 is 5.32 Å². The van der Waals surface area contributed by atoms with Crippen LogP contribution in [0.1, 0.15) is 84.8 Å². The monoisotopic (exact) mass is 595 g/mol. The first-order chi connectivity index (χ1) is 20.4. The second-order valence-electron chi connectivity index (χ2n) is 13.2. The van der Waals surface area contributed by atoms with Gasteiger partial charge in [-0.3, -0.25) is 9.69 Å². The topological polar surface area (TPSA) is 79.2 Å². The van der Waals surface area contributed by atoms with Crippen LogP contribution >= 0.6 is 0 Å². The van der Waals surface area contributed by atoms with E-state index in [1.54, 1.807) is 31.3 Å². The van der Waals surface area contributed by atoms with Gasteiger partial charge in [-0.1, -0.05) is 26.0 Å². The highest BCUT2D eigenvalue weighted by Crippen LogP contribution is 2.60. The molecular formula is C32H40F3N7O. The highest BCUT2D eigenvalue weighted by Gasteiger charge is 2.62. The zero-order valence-electron chi connectivity index (χ0n) is 25.2. The number of benzene rings is 1. The van der Waals surface area contributed by atoms with Crippen LogP contribution in [0.25, 0.3) is 0 Å². The summed E-state index contributed by atoms with van der Waals surface area (Å²) in [5.41, 5.74) is 1.64. The molecule has 1 amide bonds. The summed E-state index contributed by atoms with van der Waals surface area (Å²) in [7, 11) is 3.75. The number of hydrogen-bond acceptors (Lipinski definition) is 6. The maximum absolute atomic E-state index is 15.9. The van der Waals surface area contributed by atoms with E-state index in [-0.39, 0.29) is 11.7 Å². The van der Waals surface area contributed by atoms with Crippen molar-refractivity contribution in [2.24, 2.45) is 13.0 Å². The van der Waals surface area contributed by atoms with Crippen molar-refractivity contribution in [2.45, 2.75) is 75.5 Å². The lowest BCUT2D eigenvalue weighted by atomic mass is 9.59. The number of nitrogens with one attached hydrogen (secondary N) is 1. The number of carbonyl (C=O) groups is 1. The summed E-state index contributed by atoms with van der Waals surface area (Å²) in [5.74, 6) is -2.50. The SMILES string of the molecule is CC(C)[C@H]1CN(C)CCN1Cc1cc(C(=O)Nc2cccc(C3([C@@H](F)c4nncn4C)CC(F)(F)C3)c2)nc(C2CC2)c1. The van der Waals surface area contributed by atoms with Crippen molar-refractivity contribution in [3.05, 3.63) is 71.1 Å². The molecule has 1 N–H and O–H groups in total. The minimum Gasteiger partial charge on any atom is -0.321 e. The predicted molar refractivity (Wildman–Crippen MR) is 158 cm³/mol. The lowest BCUT2D eigenvalue weighted by Crippen LogP contribution is -2.53. The van der Waals surface area contributed by atoms with Gasteiger partial charge in [0.05, 0.1) is 0 Å². The van der Waals surface area contributed by atoms with Gasteiger partial charge in [-0.2, -0.15) is 0 Å². The van der Waals surface area contributed by atoms with Gasteiger partial charge in [-0.05, 0) is 61.2 Å². The molecule has 2 aromatic heterocycles. The third-order valence-corrected chi connectivity index (χ3v) is 9.33. The Bertz CT molecular complexity index is 1480. The summed E-state index contributed by atoms with van der Waals surface area (Å²) in [6, 6.07) is 11.0. The van der Waals surface area contributed by atoms with Crippen LogP contribution in [-0.2, 0) is 19.0 Å². The predicted octanol–water partition coefficient (Wildman–Crippen LogP) is 5.49. The molecular weight excluding hydrogens is 555 g/mol. The molecule has 3 aliphatic rings. The number of carbonyl (C=O) groups excluding carboxylic acids is 1. The van der Waals surface area contributed by atoms with Crippen molar-refractivity contribution in [1.29, 1.82) is 0 Å². The van der Waals surface area contributed by atoms with Gasteiger partial charge in [-0.15, -0.1) is 10.2 Å². The summed E-state index contributed by atoms with van der Waals surface area (Å²) in [4.78, 5) is 23.2. The van der Waals surface area contributed by atoms with Crippen LogP contribution in [0.4, 0.5) is 18.9 Å². The van der Waals surface area contributed by atoms with Gasteiger partial charge in [-0.25, -0.2) is 18.2 Å². The highest BCUT2D eigenvalue weighted by atomic mass is 19.3. The van der Waals surface area contributed by atoms with E-state index < -0.39 is 30.4 Å². The van der Waals surface area contributed by atoms with Crippen LogP contribution in [0.2, 0.25) is 0 Å². The van der Waals surface area contributed by atoms with Gasteiger partial charge < -0.3 is 14.8 Å². The van der Waals surface area contributed by atoms with Crippen LogP contribution in [-0.4, -0.2) is 74.1 Å². The molecule has 3 aromatic rings. The number of hydrogen-bond donors (Lipinski definition) is 1. The van der Waals surface area contributed by atoms with Gasteiger partial charge in [0, 0.05) is 74.8 Å². The molecule has 230 valence electrons. The summed E-state index contributed by atoms with van der Waals surface area (Å²) < 4.78 is 45.9. The number of nitrogens with zero attached hydrogens (tertiary/aromatic N) is 6. The number of aryl methyl sites for hydroxylation is 1. The molecule has 0 unspecified atom stereocenters. The van der Waals surface area contributed by atoms with E-state index in [4.69, 9.17) is 4.98 Å². The molecule has 2 atom stereocenters. The van der Waals surface area contributed by atoms with Crippen molar-refractivity contribution in [3.63, 3.8) is 0 Å². The smallest absolute Gasteiger partial charge is 0.274 e. The van der Waals surface area contributed by atoms with Gasteiger partial charge in [0.2, 0.25) is 5.92 Å². The Kier molecular flexibility index (Phi) is 7.83. The van der Waals surface area contributed by atoms with Gasteiger partial charge in [0.1, 0.15) is 12.0 Å². The van der Waals surface area contributed by atoms with Crippen LogP contribution in [0, 0.1) is 5.92 Å². The Hall–Kier alpha value is -3.31. The zero-order valence-corrected chi connectivity index (χ0v) is 25.2. The van der Waals surface area contributed by atoms with E-state index in [1.165, 1.54) is 10.9 Å². The molecule has 3 heterocycles. The molecule has 2 saturated carbocycles. The fraction of sp³-hybridized carbons (Fsp3) is 0.562. The Morgan fingerprint density at radius 3 is 2.53 bits per heavy atom. The molecule has 43 heavy (non-hydrogen) atoms. The number of anilines is 1. The molecule has 0 spiro atoms. The first kappa shape index (κ1) is 29.7. The lowest BCUT2D eigenvalue weighted by molar-refractivity contribution is -0.151. The van der Waals surface area contributed by atoms with Crippen LogP contribution in [0.3, 0.4) is 0 Å². The van der Waals surface area contributed by atoms with Crippen molar-refractivity contribution in [3.8, 4) is 0 Å². The number of rotatable bonds is 9. The molecule has 2 aliphatic carbocycles. The number of likely N-dealkylation sites (N-methyl/N-ethyl adjacent to an activating group) is 1. The minimum atomic E-state index is -2.98. The Morgan fingerprint density at radius 1 is 1.12 bits per heavy atom. The molecule has 1 aromatic carbocycles. The molecule has 0 radical (unpaired) electrons. The van der Waals surface area contributed by atoms with Crippen LogP contribution in [0.5, 0.6) is 0 Å². The van der Waals surface area contributed by atoms with E-state index in [0.29, 0.717) is 34.8 Å². The lowest BCUT2D eigenvalue weighted by Gasteiger charge is -2.49. The van der Waals surface area contributed by atoms with Crippen molar-refractivity contribution in [2.75, 3.05) is 32.0 Å². The highest BCUT2D eigenvalue weighted by molar-refractivity contribution is 6.03. The Balaban J connectivity index is 1.25. The molecule has 3 fully saturated rings. The Morgan fingerprint density at radius 2 is 1.88 bits per heavy atom. The minimum absolute atomic E-state index is 0.00128. The summed E-state index contributed by atoms with van der Waals surface area (Å²) in [5, 5.41) is 10.5. The number of pyridine rings is 1. The fourth-order valence-corrected chi connectivity index (χ4v) is 6.73. The first-order valence-electron chi connectivity index (χ1n) is 15.2. The molecule has 8 nitrogen and oxygen atoms in total. The number of amides is 1. The zero-order chi connectivity index (χ0) is 30.5. The standard InChI is InChI=1S/C32H40F3N7O/c1-20(2)27-16-40(3)10-11-42(27)15-21-12-25(22-8-9-22)38-26(13-21)30(43)37-24-7-5-6-23(14-24)31(17-32(34,35)18-31)28(33)29-39-36-19-41(29)4/h5-7,12-14,19-20,22,27-28H,8-11,15-18H2,1-4H3,(H,37,43)/t27-,28+/m1/s1. The van der Waals surface area contributed by atoms with E-state index in [9.17, 15) is 13.6 Å². The third kappa shape index (κ3) is 6.06. The first-order valence-corrected chi connectivity index (χ1v) is 15.2. The Labute approximate surface area is 250 Å². The van der Waals surface area contributed by atoms with E-state index >= 15 is 4.39 Å². The van der Waals surface area contributed by atoms with E-state index in [1.807, 2.05) is 6.07 Å². The maximum Gasteiger partial charge on any atom is 0.274 e. The van der Waals surface area contributed by atoms with Crippen molar-refractivity contribution < 1.29 is 18.0 Å². The van der Waals surface area contributed by atoms with Gasteiger partial charge >= 0.3 is 0 Å². The molecule has 6 rings (SSSR count). The molecule has 0 bridgehead atoms. The number of piperazine rings is 1. The molecule has 1 saturated heterocycles. The van der Waals surface area contributed by atoms with Crippen molar-refractivity contribution in [1.82, 2.24) is 29.5 Å². The van der Waals surface area contributed by atoms with E-state index in [2.05, 4.69) is 52.3 Å². The normalized spacial score (nSPS) is 22.7. The summed E-state index contributed by atoms with van der Waals surface area (Å²) in [6.07, 6.45) is 0.394.